The maximum Gasteiger partial charge on any atom is 2.00 e. The van der Waals surface area contributed by atoms with Gasteiger partial charge in [-0.1, -0.05) is 138 Å². The molecule has 6 aromatic rings. The maximum absolute atomic E-state index is 2.27. The van der Waals surface area contributed by atoms with Gasteiger partial charge in [-0.15, -0.1) is 69.1 Å². The topological polar surface area (TPSA) is 0 Å². The predicted molar refractivity (Wildman–Crippen MR) is 167 cm³/mol. The number of fused-ring (bicyclic) bond motifs is 2. The summed E-state index contributed by atoms with van der Waals surface area (Å²) in [7, 11) is 0. The average molecular weight is 586 g/mol. The van der Waals surface area contributed by atoms with E-state index in [-0.39, 0.29) is 37.0 Å². The van der Waals surface area contributed by atoms with Crippen molar-refractivity contribution in [3.8, 4) is 22.3 Å². The summed E-state index contributed by atoms with van der Waals surface area (Å²) in [6.07, 6.45) is 0. The van der Waals surface area contributed by atoms with E-state index >= 15 is 0 Å². The summed E-state index contributed by atoms with van der Waals surface area (Å²) in [5, 5.41) is 5.27. The molecule has 6 aromatic carbocycles. The van der Waals surface area contributed by atoms with Crippen LogP contribution in [-0.4, -0.2) is 0 Å². The van der Waals surface area contributed by atoms with Crippen LogP contribution in [0.25, 0.3) is 43.8 Å². The van der Waals surface area contributed by atoms with Crippen molar-refractivity contribution in [2.75, 3.05) is 0 Å². The van der Waals surface area contributed by atoms with Crippen molar-refractivity contribution in [2.45, 2.75) is 52.4 Å². The summed E-state index contributed by atoms with van der Waals surface area (Å²) in [6.45, 7) is 13.5. The van der Waals surface area contributed by atoms with Gasteiger partial charge in [-0.25, -0.2) is 0 Å². The second kappa shape index (κ2) is 11.6. The van der Waals surface area contributed by atoms with Gasteiger partial charge in [0.25, 0.3) is 0 Å². The molecular weight excluding hydrogens is 548 g/mol. The summed E-state index contributed by atoms with van der Waals surface area (Å²) in [5.74, 6) is 0. The number of rotatable bonds is 2. The largest absolute Gasteiger partial charge is 2.00 e. The first-order valence-electron chi connectivity index (χ1n) is 13.6. The minimum atomic E-state index is 0. The van der Waals surface area contributed by atoms with Gasteiger partial charge in [0, 0.05) is 0 Å². The Morgan fingerprint density at radius 2 is 0.769 bits per heavy atom. The van der Waals surface area contributed by atoms with Gasteiger partial charge in [0.15, 0.2) is 0 Å². The third kappa shape index (κ3) is 6.77. The molecule has 0 unspecified atom stereocenters. The molecule has 0 saturated heterocycles. The van der Waals surface area contributed by atoms with Crippen molar-refractivity contribution in [2.24, 2.45) is 0 Å². The third-order valence-electron chi connectivity index (χ3n) is 7.40. The molecule has 0 radical (unpaired) electrons. The molecule has 0 bridgehead atoms. The van der Waals surface area contributed by atoms with Crippen molar-refractivity contribution in [3.63, 3.8) is 0 Å². The van der Waals surface area contributed by atoms with Crippen molar-refractivity contribution in [1.29, 1.82) is 0 Å². The van der Waals surface area contributed by atoms with E-state index in [1.54, 1.807) is 0 Å². The Balaban J connectivity index is 0.000000176. The standard InChI is InChI=1S/2C19H19.Zr/c2*1-19(2,3)18-10-8-14(9-11-18)17-12-15-6-4-5-7-16(15)13-17;/h2*4-13H,1-3H3;/q2*-1;+2. The molecule has 0 atom stereocenters. The van der Waals surface area contributed by atoms with Gasteiger partial charge in [-0.2, -0.15) is 0 Å². The van der Waals surface area contributed by atoms with Gasteiger partial charge in [0.1, 0.15) is 0 Å². The first kappa shape index (κ1) is 29.0. The van der Waals surface area contributed by atoms with Crippen molar-refractivity contribution < 1.29 is 26.2 Å². The van der Waals surface area contributed by atoms with Gasteiger partial charge in [0.05, 0.1) is 0 Å². The van der Waals surface area contributed by atoms with Crippen LogP contribution in [0.5, 0.6) is 0 Å². The molecule has 39 heavy (non-hydrogen) atoms. The Morgan fingerprint density at radius 1 is 0.436 bits per heavy atom. The Morgan fingerprint density at radius 3 is 1.08 bits per heavy atom. The van der Waals surface area contributed by atoms with Gasteiger partial charge in [-0.05, 0) is 22.0 Å². The summed E-state index contributed by atoms with van der Waals surface area (Å²) >= 11 is 0. The van der Waals surface area contributed by atoms with E-state index in [1.807, 2.05) is 0 Å². The fourth-order valence-electron chi connectivity index (χ4n) is 4.96. The molecule has 0 aliphatic carbocycles. The van der Waals surface area contributed by atoms with E-state index in [2.05, 4.69) is 163 Å². The van der Waals surface area contributed by atoms with E-state index in [9.17, 15) is 0 Å². The van der Waals surface area contributed by atoms with E-state index in [0.717, 1.165) is 0 Å². The second-order valence-electron chi connectivity index (χ2n) is 12.4. The van der Waals surface area contributed by atoms with Crippen LogP contribution in [0.3, 0.4) is 0 Å². The van der Waals surface area contributed by atoms with Gasteiger partial charge < -0.3 is 0 Å². The molecule has 0 aliphatic heterocycles. The molecule has 0 heterocycles. The monoisotopic (exact) mass is 584 g/mol. The molecule has 0 saturated carbocycles. The van der Waals surface area contributed by atoms with Crippen molar-refractivity contribution in [3.05, 3.63) is 132 Å². The molecular formula is C38H38Zr. The molecule has 0 spiro atoms. The van der Waals surface area contributed by atoms with E-state index in [1.165, 1.54) is 54.9 Å². The molecule has 0 aliphatic rings. The van der Waals surface area contributed by atoms with Crippen LogP contribution in [0.1, 0.15) is 52.7 Å². The van der Waals surface area contributed by atoms with Gasteiger partial charge in [0.2, 0.25) is 0 Å². The SMILES string of the molecule is CC(C)(C)c1ccc(-c2cc3ccccc3[cH-]2)cc1.CC(C)(C)c1ccc(-c2cc3ccccc3[cH-]2)cc1.[Zr+2]. The number of hydrogen-bond donors (Lipinski definition) is 0. The Hall–Kier alpha value is -3.02. The average Bonchev–Trinajstić information content (AvgIpc) is 3.53. The van der Waals surface area contributed by atoms with E-state index < -0.39 is 0 Å². The van der Waals surface area contributed by atoms with Crippen LogP contribution in [-0.2, 0) is 37.0 Å². The molecule has 0 aromatic heterocycles. The molecule has 0 fully saturated rings. The maximum atomic E-state index is 2.27. The molecule has 194 valence electrons. The smallest absolute Gasteiger partial charge is 0.145 e. The zero-order chi connectivity index (χ0) is 26.9. The van der Waals surface area contributed by atoms with Crippen LogP contribution < -0.4 is 0 Å². The van der Waals surface area contributed by atoms with E-state index in [4.69, 9.17) is 0 Å². The van der Waals surface area contributed by atoms with Crippen LogP contribution in [0.15, 0.2) is 121 Å². The van der Waals surface area contributed by atoms with Crippen LogP contribution in [0.4, 0.5) is 0 Å². The normalized spacial score (nSPS) is 11.6. The second-order valence-corrected chi connectivity index (χ2v) is 12.4. The first-order valence-corrected chi connectivity index (χ1v) is 13.6. The molecule has 0 amide bonds. The summed E-state index contributed by atoms with van der Waals surface area (Å²) in [4.78, 5) is 0. The Bertz CT molecular complexity index is 1450. The summed E-state index contributed by atoms with van der Waals surface area (Å²) in [5.41, 5.74) is 8.40. The van der Waals surface area contributed by atoms with E-state index in [0.29, 0.717) is 0 Å². The quantitative estimate of drug-likeness (QED) is 0.177. The molecule has 6 rings (SSSR count). The first-order chi connectivity index (χ1) is 18.1. The zero-order valence-electron chi connectivity index (χ0n) is 24.0. The Kier molecular flexibility index (Phi) is 8.63. The molecule has 0 N–H and O–H groups in total. The van der Waals surface area contributed by atoms with Gasteiger partial charge in [-0.3, -0.25) is 0 Å². The fraction of sp³-hybridized carbons (Fsp3) is 0.211. The van der Waals surface area contributed by atoms with Crippen LogP contribution in [0, 0.1) is 0 Å². The number of hydrogen-bond acceptors (Lipinski definition) is 0. The van der Waals surface area contributed by atoms with Crippen LogP contribution in [0.2, 0.25) is 0 Å². The minimum absolute atomic E-state index is 0. The van der Waals surface area contributed by atoms with Crippen molar-refractivity contribution >= 4 is 21.5 Å². The minimum Gasteiger partial charge on any atom is -0.145 e. The van der Waals surface area contributed by atoms with Crippen LogP contribution >= 0.6 is 0 Å². The fourth-order valence-corrected chi connectivity index (χ4v) is 4.96. The zero-order valence-corrected chi connectivity index (χ0v) is 26.5. The summed E-state index contributed by atoms with van der Waals surface area (Å²) < 4.78 is 0. The molecule has 0 nitrogen and oxygen atoms in total. The summed E-state index contributed by atoms with van der Waals surface area (Å²) in [6, 6.07) is 44.0. The molecule has 1 heteroatoms. The third-order valence-corrected chi connectivity index (χ3v) is 7.40. The van der Waals surface area contributed by atoms with Crippen molar-refractivity contribution in [1.82, 2.24) is 0 Å². The van der Waals surface area contributed by atoms with Gasteiger partial charge >= 0.3 is 26.2 Å². The predicted octanol–water partition coefficient (Wildman–Crippen LogP) is 11.0. The number of benzene rings is 4. The Labute approximate surface area is 253 Å².